The number of nitrogens with one attached hydrogen (secondary N) is 1. The van der Waals surface area contributed by atoms with E-state index in [0.29, 0.717) is 18.4 Å². The van der Waals surface area contributed by atoms with Gasteiger partial charge in [0.05, 0.1) is 5.92 Å². The lowest BCUT2D eigenvalue weighted by molar-refractivity contribution is -0.126. The van der Waals surface area contributed by atoms with Gasteiger partial charge in [-0.15, -0.1) is 0 Å². The molecule has 0 bridgehead atoms. The maximum Gasteiger partial charge on any atom is 0.224 e. The summed E-state index contributed by atoms with van der Waals surface area (Å²) in [6.07, 6.45) is 3.83. The van der Waals surface area contributed by atoms with Crippen LogP contribution in [0.4, 0.5) is 0 Å². The molecule has 0 saturated heterocycles. The molecule has 3 atom stereocenters. The molecule has 0 aliphatic heterocycles. The van der Waals surface area contributed by atoms with Crippen molar-refractivity contribution in [3.8, 4) is 0 Å². The van der Waals surface area contributed by atoms with Crippen molar-refractivity contribution < 1.29 is 4.79 Å². The fourth-order valence-corrected chi connectivity index (χ4v) is 2.57. The molecule has 1 fully saturated rings. The third-order valence-electron chi connectivity index (χ3n) is 3.76. The number of hydrogen-bond acceptors (Lipinski definition) is 2. The lowest BCUT2D eigenvalue weighted by Gasteiger charge is -2.19. The van der Waals surface area contributed by atoms with Crippen LogP contribution in [0.3, 0.4) is 0 Å². The summed E-state index contributed by atoms with van der Waals surface area (Å²) in [6, 6.07) is 0. The highest BCUT2D eigenvalue weighted by Gasteiger charge is 2.24. The molecule has 1 amide bonds. The first-order valence-corrected chi connectivity index (χ1v) is 6.52. The maximum absolute atomic E-state index is 11.9. The van der Waals surface area contributed by atoms with Crippen molar-refractivity contribution in [3.63, 3.8) is 0 Å². The minimum absolute atomic E-state index is 0.0289. The minimum Gasteiger partial charge on any atom is -0.356 e. The Morgan fingerprint density at radius 2 is 2.12 bits per heavy atom. The SMILES string of the molecule is CC1CCC(CNC(=O)C(CN)C(C)C)C1. The fourth-order valence-electron chi connectivity index (χ4n) is 2.57. The quantitative estimate of drug-likeness (QED) is 0.750. The Morgan fingerprint density at radius 3 is 2.56 bits per heavy atom. The second-order valence-corrected chi connectivity index (χ2v) is 5.62. The molecular weight excluding hydrogens is 200 g/mol. The largest absolute Gasteiger partial charge is 0.356 e. The molecule has 0 heterocycles. The first-order chi connectivity index (χ1) is 7.54. The van der Waals surface area contributed by atoms with Crippen LogP contribution >= 0.6 is 0 Å². The second-order valence-electron chi connectivity index (χ2n) is 5.62. The number of carbonyl (C=O) groups is 1. The second kappa shape index (κ2) is 6.24. The molecule has 0 radical (unpaired) electrons. The van der Waals surface area contributed by atoms with Crippen LogP contribution in [0.5, 0.6) is 0 Å². The van der Waals surface area contributed by atoms with Crippen LogP contribution in [-0.2, 0) is 4.79 Å². The van der Waals surface area contributed by atoms with E-state index in [1.165, 1.54) is 19.3 Å². The number of nitrogens with two attached hydrogens (primary N) is 1. The van der Waals surface area contributed by atoms with Crippen molar-refractivity contribution in [3.05, 3.63) is 0 Å². The normalized spacial score (nSPS) is 27.1. The van der Waals surface area contributed by atoms with Crippen LogP contribution in [0.15, 0.2) is 0 Å². The number of carbonyl (C=O) groups excluding carboxylic acids is 1. The Morgan fingerprint density at radius 1 is 1.44 bits per heavy atom. The van der Waals surface area contributed by atoms with Crippen molar-refractivity contribution in [2.75, 3.05) is 13.1 Å². The third-order valence-corrected chi connectivity index (χ3v) is 3.76. The van der Waals surface area contributed by atoms with Gasteiger partial charge in [0, 0.05) is 13.1 Å². The summed E-state index contributed by atoms with van der Waals surface area (Å²) in [7, 11) is 0. The van der Waals surface area contributed by atoms with E-state index >= 15 is 0 Å². The van der Waals surface area contributed by atoms with Gasteiger partial charge in [0.15, 0.2) is 0 Å². The summed E-state index contributed by atoms with van der Waals surface area (Å²) in [6.45, 7) is 7.68. The van der Waals surface area contributed by atoms with E-state index in [2.05, 4.69) is 26.1 Å². The Kier molecular flexibility index (Phi) is 5.26. The van der Waals surface area contributed by atoms with Crippen molar-refractivity contribution >= 4 is 5.91 Å². The summed E-state index contributed by atoms with van der Waals surface area (Å²) >= 11 is 0. The van der Waals surface area contributed by atoms with Crippen LogP contribution in [-0.4, -0.2) is 19.0 Å². The summed E-state index contributed by atoms with van der Waals surface area (Å²) in [4.78, 5) is 11.9. The van der Waals surface area contributed by atoms with E-state index in [9.17, 15) is 4.79 Å². The van der Waals surface area contributed by atoms with E-state index < -0.39 is 0 Å². The van der Waals surface area contributed by atoms with Crippen LogP contribution in [0, 0.1) is 23.7 Å². The first kappa shape index (κ1) is 13.5. The Labute approximate surface area is 99.2 Å². The van der Waals surface area contributed by atoms with Crippen LogP contribution in [0.2, 0.25) is 0 Å². The van der Waals surface area contributed by atoms with Gasteiger partial charge >= 0.3 is 0 Å². The molecule has 16 heavy (non-hydrogen) atoms. The van der Waals surface area contributed by atoms with Gasteiger partial charge in [-0.3, -0.25) is 4.79 Å². The van der Waals surface area contributed by atoms with Crippen molar-refractivity contribution in [2.45, 2.75) is 40.0 Å². The molecule has 3 nitrogen and oxygen atoms in total. The predicted octanol–water partition coefficient (Wildman–Crippen LogP) is 1.77. The van der Waals surface area contributed by atoms with Crippen molar-refractivity contribution in [1.82, 2.24) is 5.32 Å². The molecular formula is C13H26N2O. The van der Waals surface area contributed by atoms with E-state index in [0.717, 1.165) is 12.5 Å². The molecule has 3 N–H and O–H groups in total. The predicted molar refractivity (Wildman–Crippen MR) is 66.9 cm³/mol. The van der Waals surface area contributed by atoms with E-state index in [1.54, 1.807) is 0 Å². The van der Waals surface area contributed by atoms with Crippen LogP contribution < -0.4 is 11.1 Å². The number of rotatable bonds is 5. The average molecular weight is 226 g/mol. The van der Waals surface area contributed by atoms with E-state index in [1.807, 2.05) is 0 Å². The highest BCUT2D eigenvalue weighted by atomic mass is 16.1. The molecule has 1 aliphatic rings. The molecule has 1 rings (SSSR count). The average Bonchev–Trinajstić information content (AvgIpc) is 2.62. The minimum atomic E-state index is -0.0289. The summed E-state index contributed by atoms with van der Waals surface area (Å²) in [5.74, 6) is 1.95. The van der Waals surface area contributed by atoms with Gasteiger partial charge in [0.25, 0.3) is 0 Å². The zero-order valence-electron chi connectivity index (χ0n) is 10.8. The highest BCUT2D eigenvalue weighted by Crippen LogP contribution is 2.29. The fraction of sp³-hybridized carbons (Fsp3) is 0.923. The molecule has 0 aromatic carbocycles. The lowest BCUT2D eigenvalue weighted by atomic mass is 9.95. The first-order valence-electron chi connectivity index (χ1n) is 6.52. The lowest BCUT2D eigenvalue weighted by Crippen LogP contribution is -2.39. The van der Waals surface area contributed by atoms with E-state index in [4.69, 9.17) is 5.73 Å². The Bertz CT molecular complexity index is 228. The van der Waals surface area contributed by atoms with Gasteiger partial charge in [-0.25, -0.2) is 0 Å². The van der Waals surface area contributed by atoms with Gasteiger partial charge in [-0.1, -0.05) is 27.2 Å². The van der Waals surface area contributed by atoms with Gasteiger partial charge in [0.1, 0.15) is 0 Å². The van der Waals surface area contributed by atoms with Crippen molar-refractivity contribution in [1.29, 1.82) is 0 Å². The standard InChI is InChI=1S/C13H26N2O/c1-9(2)12(7-14)13(16)15-8-11-5-4-10(3)6-11/h9-12H,4-8,14H2,1-3H3,(H,15,16). The van der Waals surface area contributed by atoms with Crippen LogP contribution in [0.25, 0.3) is 0 Å². The molecule has 1 aliphatic carbocycles. The molecule has 0 aromatic heterocycles. The molecule has 0 aromatic rings. The molecule has 3 heteroatoms. The number of hydrogen-bond donors (Lipinski definition) is 2. The van der Waals surface area contributed by atoms with Gasteiger partial charge in [-0.05, 0) is 30.6 Å². The zero-order valence-corrected chi connectivity index (χ0v) is 10.8. The monoisotopic (exact) mass is 226 g/mol. The smallest absolute Gasteiger partial charge is 0.224 e. The molecule has 94 valence electrons. The van der Waals surface area contributed by atoms with Crippen LogP contribution in [0.1, 0.15) is 40.0 Å². The Balaban J connectivity index is 2.28. The highest BCUT2D eigenvalue weighted by molar-refractivity contribution is 5.79. The maximum atomic E-state index is 11.9. The third kappa shape index (κ3) is 3.78. The Hall–Kier alpha value is -0.570. The zero-order chi connectivity index (χ0) is 12.1. The molecule has 0 spiro atoms. The van der Waals surface area contributed by atoms with Gasteiger partial charge < -0.3 is 11.1 Å². The number of amides is 1. The molecule has 3 unspecified atom stereocenters. The summed E-state index contributed by atoms with van der Waals surface area (Å²) in [5, 5.41) is 3.06. The van der Waals surface area contributed by atoms with Crippen molar-refractivity contribution in [2.24, 2.45) is 29.4 Å². The topological polar surface area (TPSA) is 55.1 Å². The van der Waals surface area contributed by atoms with Gasteiger partial charge in [0.2, 0.25) is 5.91 Å². The van der Waals surface area contributed by atoms with E-state index in [-0.39, 0.29) is 11.8 Å². The summed E-state index contributed by atoms with van der Waals surface area (Å²) < 4.78 is 0. The van der Waals surface area contributed by atoms with Gasteiger partial charge in [-0.2, -0.15) is 0 Å². The summed E-state index contributed by atoms with van der Waals surface area (Å²) in [5.41, 5.74) is 5.62. The molecule has 1 saturated carbocycles.